The van der Waals surface area contributed by atoms with Gasteiger partial charge in [0.05, 0.1) is 24.2 Å². The second kappa shape index (κ2) is 9.15. The first-order chi connectivity index (χ1) is 15.3. The van der Waals surface area contributed by atoms with E-state index < -0.39 is 13.9 Å². The Kier molecular flexibility index (Phi) is 6.65. The summed E-state index contributed by atoms with van der Waals surface area (Å²) in [5, 5.41) is 2.48. The van der Waals surface area contributed by atoms with Crippen molar-refractivity contribution in [3.63, 3.8) is 0 Å². The van der Waals surface area contributed by atoms with E-state index in [1.54, 1.807) is 0 Å². The van der Waals surface area contributed by atoms with Gasteiger partial charge in [-0.15, -0.1) is 11.6 Å². The maximum absolute atomic E-state index is 7.46. The van der Waals surface area contributed by atoms with Crippen molar-refractivity contribution in [2.45, 2.75) is 50.4 Å². The van der Waals surface area contributed by atoms with Crippen molar-refractivity contribution in [2.75, 3.05) is 12.5 Å². The van der Waals surface area contributed by atoms with Crippen molar-refractivity contribution >= 4 is 30.3 Å². The SMILES string of the molecule is CC(C)(C)[Si](O[C@H]1CO[C@](C)(CCl)[C@H]1c1ccccc1)(c1ccccc1)c1ccccc1. The van der Waals surface area contributed by atoms with Gasteiger partial charge >= 0.3 is 0 Å². The fraction of sp³-hybridized carbons (Fsp3) is 0.357. The van der Waals surface area contributed by atoms with Gasteiger partial charge in [0.1, 0.15) is 0 Å². The highest BCUT2D eigenvalue weighted by molar-refractivity contribution is 6.99. The normalized spacial score (nSPS) is 23.9. The Hall–Kier alpha value is -1.91. The molecule has 0 aliphatic carbocycles. The summed E-state index contributed by atoms with van der Waals surface area (Å²) in [7, 11) is -2.69. The fourth-order valence-corrected chi connectivity index (χ4v) is 10.1. The van der Waals surface area contributed by atoms with Crippen molar-refractivity contribution in [1.82, 2.24) is 0 Å². The monoisotopic (exact) mass is 464 g/mol. The Morgan fingerprint density at radius 1 is 0.875 bits per heavy atom. The van der Waals surface area contributed by atoms with E-state index in [4.69, 9.17) is 20.8 Å². The summed E-state index contributed by atoms with van der Waals surface area (Å²) in [6.07, 6.45) is -0.0903. The van der Waals surface area contributed by atoms with Gasteiger partial charge in [0.2, 0.25) is 0 Å². The Bertz CT molecular complexity index is 964. The highest BCUT2D eigenvalue weighted by Crippen LogP contribution is 2.46. The Morgan fingerprint density at radius 3 is 1.78 bits per heavy atom. The molecule has 4 heteroatoms. The van der Waals surface area contributed by atoms with Crippen LogP contribution in [-0.2, 0) is 9.16 Å². The van der Waals surface area contributed by atoms with Gasteiger partial charge in [-0.2, -0.15) is 0 Å². The van der Waals surface area contributed by atoms with Crippen LogP contribution in [0.25, 0.3) is 0 Å². The fourth-order valence-electron chi connectivity index (χ4n) is 5.22. The molecule has 0 bridgehead atoms. The Labute approximate surface area is 198 Å². The van der Waals surface area contributed by atoms with Gasteiger partial charge in [0, 0.05) is 5.92 Å². The molecule has 0 aromatic heterocycles. The molecule has 0 unspecified atom stereocenters. The lowest BCUT2D eigenvalue weighted by Gasteiger charge is -2.45. The van der Waals surface area contributed by atoms with Crippen LogP contribution in [0.1, 0.15) is 39.2 Å². The first-order valence-electron chi connectivity index (χ1n) is 11.4. The van der Waals surface area contributed by atoms with Gasteiger partial charge in [-0.1, -0.05) is 112 Å². The van der Waals surface area contributed by atoms with Gasteiger partial charge in [0.25, 0.3) is 8.32 Å². The van der Waals surface area contributed by atoms with Crippen LogP contribution in [0, 0.1) is 0 Å². The zero-order valence-corrected chi connectivity index (χ0v) is 21.2. The molecule has 0 N–H and O–H groups in total. The summed E-state index contributed by atoms with van der Waals surface area (Å²) in [5.41, 5.74) is 0.745. The van der Waals surface area contributed by atoms with Crippen molar-refractivity contribution in [3.05, 3.63) is 96.6 Å². The van der Waals surface area contributed by atoms with Crippen molar-refractivity contribution in [3.8, 4) is 0 Å². The number of alkyl halides is 1. The molecular weight excluding hydrogens is 432 g/mol. The molecule has 3 atom stereocenters. The minimum atomic E-state index is -2.69. The third-order valence-electron chi connectivity index (χ3n) is 6.78. The number of benzene rings is 3. The molecule has 168 valence electrons. The van der Waals surface area contributed by atoms with E-state index in [-0.39, 0.29) is 17.1 Å². The second-order valence-electron chi connectivity index (χ2n) is 9.97. The predicted molar refractivity (Wildman–Crippen MR) is 137 cm³/mol. The molecule has 32 heavy (non-hydrogen) atoms. The summed E-state index contributed by atoms with van der Waals surface area (Å²) in [5.74, 6) is 0.482. The number of hydrogen-bond donors (Lipinski definition) is 0. The van der Waals surface area contributed by atoms with Gasteiger partial charge in [-0.25, -0.2) is 0 Å². The van der Waals surface area contributed by atoms with E-state index in [0.717, 1.165) is 0 Å². The van der Waals surface area contributed by atoms with Crippen molar-refractivity contribution in [1.29, 1.82) is 0 Å². The van der Waals surface area contributed by atoms with E-state index in [2.05, 4.69) is 119 Å². The Balaban J connectivity index is 1.88. The molecular formula is C28H33ClO2Si. The molecule has 0 saturated carbocycles. The minimum absolute atomic E-state index is 0.0582. The topological polar surface area (TPSA) is 18.5 Å². The molecule has 1 fully saturated rings. The zero-order valence-electron chi connectivity index (χ0n) is 19.4. The van der Waals surface area contributed by atoms with Crippen LogP contribution >= 0.6 is 11.6 Å². The molecule has 0 spiro atoms. The van der Waals surface area contributed by atoms with Crippen LogP contribution < -0.4 is 10.4 Å². The number of hydrogen-bond acceptors (Lipinski definition) is 2. The molecule has 4 rings (SSSR count). The second-order valence-corrected chi connectivity index (χ2v) is 14.5. The van der Waals surface area contributed by atoms with Gasteiger partial charge in [-0.3, -0.25) is 0 Å². The quantitative estimate of drug-likeness (QED) is 0.342. The standard InChI is InChI=1S/C28H33ClO2Si/c1-27(2,3)32(23-16-10-6-11-17-23,24-18-12-7-13-19-24)31-25-20-30-28(4,21-29)26(25)22-14-8-5-9-15-22/h5-19,25-26H,20-21H2,1-4H3/t25-,26-,28+/m0/s1. The van der Waals surface area contributed by atoms with Crippen LogP contribution in [0.5, 0.6) is 0 Å². The summed E-state index contributed by atoms with van der Waals surface area (Å²) in [6, 6.07) is 32.1. The number of rotatable bonds is 6. The van der Waals surface area contributed by atoms with Gasteiger partial charge in [0.15, 0.2) is 0 Å². The van der Waals surface area contributed by atoms with Crippen LogP contribution in [0.3, 0.4) is 0 Å². The van der Waals surface area contributed by atoms with E-state index in [1.165, 1.54) is 15.9 Å². The highest BCUT2D eigenvalue weighted by Gasteiger charge is 2.56. The molecule has 1 heterocycles. The molecule has 0 amide bonds. The first-order valence-corrected chi connectivity index (χ1v) is 13.8. The van der Waals surface area contributed by atoms with E-state index in [9.17, 15) is 0 Å². The van der Waals surface area contributed by atoms with E-state index >= 15 is 0 Å². The predicted octanol–water partition coefficient (Wildman–Crippen LogP) is 5.74. The van der Waals surface area contributed by atoms with Gasteiger partial charge in [-0.05, 0) is 27.9 Å². The average Bonchev–Trinajstić information content (AvgIpc) is 3.14. The molecule has 0 radical (unpaired) electrons. The molecule has 2 nitrogen and oxygen atoms in total. The third-order valence-corrected chi connectivity index (χ3v) is 12.4. The lowest BCUT2D eigenvalue weighted by atomic mass is 9.83. The van der Waals surface area contributed by atoms with Crippen LogP contribution in [0.4, 0.5) is 0 Å². The lowest BCUT2D eigenvalue weighted by Crippen LogP contribution is -2.68. The number of halogens is 1. The van der Waals surface area contributed by atoms with Crippen LogP contribution in [0.15, 0.2) is 91.0 Å². The molecule has 3 aromatic rings. The van der Waals surface area contributed by atoms with Crippen LogP contribution in [-0.4, -0.2) is 32.5 Å². The van der Waals surface area contributed by atoms with Crippen molar-refractivity contribution in [2.24, 2.45) is 0 Å². The van der Waals surface area contributed by atoms with Crippen LogP contribution in [0.2, 0.25) is 5.04 Å². The van der Waals surface area contributed by atoms with Gasteiger partial charge < -0.3 is 9.16 Å². The summed E-state index contributed by atoms with van der Waals surface area (Å²) >= 11 is 6.48. The maximum Gasteiger partial charge on any atom is 0.261 e. The summed E-state index contributed by atoms with van der Waals surface area (Å²) in [4.78, 5) is 0. The maximum atomic E-state index is 7.46. The zero-order chi connectivity index (χ0) is 22.8. The summed E-state index contributed by atoms with van der Waals surface area (Å²) < 4.78 is 13.8. The summed E-state index contributed by atoms with van der Waals surface area (Å²) in [6.45, 7) is 9.59. The van der Waals surface area contributed by atoms with Crippen molar-refractivity contribution < 1.29 is 9.16 Å². The average molecular weight is 465 g/mol. The Morgan fingerprint density at radius 2 is 1.34 bits per heavy atom. The molecule has 1 aliphatic rings. The molecule has 1 saturated heterocycles. The van der Waals surface area contributed by atoms with E-state index in [1.807, 2.05) is 0 Å². The first kappa shape index (κ1) is 23.3. The number of ether oxygens (including phenoxy) is 1. The lowest BCUT2D eigenvalue weighted by molar-refractivity contribution is 0.0278. The molecule has 1 aliphatic heterocycles. The van der Waals surface area contributed by atoms with E-state index in [0.29, 0.717) is 12.5 Å². The highest BCUT2D eigenvalue weighted by atomic mass is 35.5. The minimum Gasteiger partial charge on any atom is -0.401 e. The smallest absolute Gasteiger partial charge is 0.261 e. The largest absolute Gasteiger partial charge is 0.401 e. The molecule has 3 aromatic carbocycles. The third kappa shape index (κ3) is 4.08.